The van der Waals surface area contributed by atoms with Gasteiger partial charge < -0.3 is 9.84 Å². The number of hydrogen-bond acceptors (Lipinski definition) is 2. The molecule has 0 heterocycles. The van der Waals surface area contributed by atoms with Gasteiger partial charge in [0.1, 0.15) is 5.76 Å². The van der Waals surface area contributed by atoms with Gasteiger partial charge in [0.25, 0.3) is 0 Å². The Bertz CT molecular complexity index is 115. The van der Waals surface area contributed by atoms with Crippen molar-refractivity contribution in [1.82, 2.24) is 0 Å². The summed E-state index contributed by atoms with van der Waals surface area (Å²) >= 11 is 0. The lowest BCUT2D eigenvalue weighted by Gasteiger charge is -1.94. The Hall–Kier alpha value is -0.990. The lowest BCUT2D eigenvalue weighted by molar-refractivity contribution is 0.119. The maximum Gasteiger partial charge on any atom is 0.510 e. The van der Waals surface area contributed by atoms with Crippen LogP contribution in [0.4, 0.5) is 4.79 Å². The summed E-state index contributed by atoms with van der Waals surface area (Å²) in [7, 11) is 0. The predicted octanol–water partition coefficient (Wildman–Crippen LogP) is 1.60. The van der Waals surface area contributed by atoms with Crippen LogP contribution in [-0.2, 0) is 4.74 Å². The lowest BCUT2D eigenvalue weighted by Crippen LogP contribution is -1.96. The largest absolute Gasteiger partial charge is 0.510 e. The molecule has 0 atom stereocenters. The van der Waals surface area contributed by atoms with Crippen LogP contribution in [0.15, 0.2) is 11.8 Å². The Kier molecular flexibility index (Phi) is 2.69. The summed E-state index contributed by atoms with van der Waals surface area (Å²) in [4.78, 5) is 9.71. The van der Waals surface area contributed by atoms with Crippen molar-refractivity contribution in [3.05, 3.63) is 11.8 Å². The Morgan fingerprint density at radius 1 is 1.75 bits per heavy atom. The summed E-state index contributed by atoms with van der Waals surface area (Å²) < 4.78 is 4.18. The fourth-order valence-corrected chi connectivity index (χ4v) is 0.197. The summed E-state index contributed by atoms with van der Waals surface area (Å²) in [6.45, 7) is 3.28. The Balaban J connectivity index is 3.56. The molecule has 0 bridgehead atoms. The SMILES string of the molecule is C/C=C(\C)OC(=O)O. The van der Waals surface area contributed by atoms with E-state index < -0.39 is 6.16 Å². The van der Waals surface area contributed by atoms with Gasteiger partial charge in [0.2, 0.25) is 0 Å². The highest BCUT2D eigenvalue weighted by atomic mass is 16.7. The fourth-order valence-electron chi connectivity index (χ4n) is 0.197. The highest BCUT2D eigenvalue weighted by Crippen LogP contribution is 1.92. The first-order chi connectivity index (χ1) is 3.66. The smallest absolute Gasteiger partial charge is 0.449 e. The van der Waals surface area contributed by atoms with Gasteiger partial charge in [0.05, 0.1) is 0 Å². The van der Waals surface area contributed by atoms with Crippen molar-refractivity contribution in [1.29, 1.82) is 0 Å². The molecule has 0 unspecified atom stereocenters. The molecule has 0 amide bonds. The van der Waals surface area contributed by atoms with Crippen molar-refractivity contribution >= 4 is 6.16 Å². The molecule has 8 heavy (non-hydrogen) atoms. The van der Waals surface area contributed by atoms with Crippen LogP contribution in [0, 0.1) is 0 Å². The third kappa shape index (κ3) is 3.21. The van der Waals surface area contributed by atoms with E-state index in [0.29, 0.717) is 5.76 Å². The predicted molar refractivity (Wildman–Crippen MR) is 28.5 cm³/mol. The number of hydrogen-bond donors (Lipinski definition) is 1. The molecular formula is C5H8O3. The monoisotopic (exact) mass is 116 g/mol. The Morgan fingerprint density at radius 3 is 2.38 bits per heavy atom. The summed E-state index contributed by atoms with van der Waals surface area (Å²) in [5.41, 5.74) is 0. The summed E-state index contributed by atoms with van der Waals surface area (Å²) in [5.74, 6) is 0.400. The topological polar surface area (TPSA) is 46.5 Å². The second-order valence-corrected chi connectivity index (χ2v) is 1.27. The molecule has 1 N–H and O–H groups in total. The van der Waals surface area contributed by atoms with E-state index in [9.17, 15) is 4.79 Å². The van der Waals surface area contributed by atoms with Gasteiger partial charge >= 0.3 is 6.16 Å². The Morgan fingerprint density at radius 2 is 2.25 bits per heavy atom. The van der Waals surface area contributed by atoms with E-state index in [4.69, 9.17) is 5.11 Å². The second-order valence-electron chi connectivity index (χ2n) is 1.27. The highest BCUT2D eigenvalue weighted by Gasteiger charge is 1.94. The number of allylic oxidation sites excluding steroid dienone is 2. The van der Waals surface area contributed by atoms with Crippen molar-refractivity contribution in [3.63, 3.8) is 0 Å². The molecule has 0 aromatic rings. The minimum Gasteiger partial charge on any atom is -0.449 e. The van der Waals surface area contributed by atoms with Gasteiger partial charge in [-0.25, -0.2) is 4.79 Å². The average molecular weight is 116 g/mol. The molecule has 0 spiro atoms. The van der Waals surface area contributed by atoms with Gasteiger partial charge in [-0.05, 0) is 19.9 Å². The van der Waals surface area contributed by atoms with Crippen LogP contribution in [-0.4, -0.2) is 11.3 Å². The molecule has 0 saturated heterocycles. The average Bonchev–Trinajstić information content (AvgIpc) is 1.65. The number of ether oxygens (including phenoxy) is 1. The molecule has 0 radical (unpaired) electrons. The number of carboxylic acid groups (broad SMARTS) is 1. The molecule has 0 aliphatic heterocycles. The van der Waals surface area contributed by atoms with E-state index >= 15 is 0 Å². The third-order valence-corrected chi connectivity index (χ3v) is 0.655. The van der Waals surface area contributed by atoms with Crippen LogP contribution in [0.2, 0.25) is 0 Å². The van der Waals surface area contributed by atoms with Gasteiger partial charge in [0, 0.05) is 0 Å². The third-order valence-electron chi connectivity index (χ3n) is 0.655. The van der Waals surface area contributed by atoms with Crippen LogP contribution in [0.3, 0.4) is 0 Å². The standard InChI is InChI=1S/C5H8O3/c1-3-4(2)8-5(6)7/h3H,1-2H3,(H,6,7)/b4-3+. The summed E-state index contributed by atoms with van der Waals surface area (Å²) in [5, 5.41) is 7.95. The first-order valence-corrected chi connectivity index (χ1v) is 2.20. The molecule has 0 aromatic carbocycles. The lowest BCUT2D eigenvalue weighted by atomic mass is 10.5. The first-order valence-electron chi connectivity index (χ1n) is 2.20. The van der Waals surface area contributed by atoms with Gasteiger partial charge in [-0.1, -0.05) is 0 Å². The normalized spacial score (nSPS) is 11.0. The molecule has 3 nitrogen and oxygen atoms in total. The van der Waals surface area contributed by atoms with E-state index in [1.807, 2.05) is 0 Å². The van der Waals surface area contributed by atoms with Gasteiger partial charge in [-0.2, -0.15) is 0 Å². The van der Waals surface area contributed by atoms with E-state index in [-0.39, 0.29) is 0 Å². The van der Waals surface area contributed by atoms with Crippen molar-refractivity contribution in [2.45, 2.75) is 13.8 Å². The minimum absolute atomic E-state index is 0.400. The molecule has 3 heteroatoms. The van der Waals surface area contributed by atoms with Crippen LogP contribution in [0.25, 0.3) is 0 Å². The van der Waals surface area contributed by atoms with Gasteiger partial charge in [-0.3, -0.25) is 0 Å². The zero-order valence-electron chi connectivity index (χ0n) is 4.84. The number of carbonyl (C=O) groups is 1. The molecule has 0 saturated carbocycles. The van der Waals surface area contributed by atoms with E-state index in [2.05, 4.69) is 4.74 Å². The highest BCUT2D eigenvalue weighted by molar-refractivity contribution is 5.58. The summed E-state index contributed by atoms with van der Waals surface area (Å²) in [6, 6.07) is 0. The first kappa shape index (κ1) is 7.01. The van der Waals surface area contributed by atoms with Crippen LogP contribution < -0.4 is 0 Å². The van der Waals surface area contributed by atoms with E-state index in [1.165, 1.54) is 0 Å². The maximum absolute atomic E-state index is 9.71. The van der Waals surface area contributed by atoms with Gasteiger partial charge in [-0.15, -0.1) is 0 Å². The van der Waals surface area contributed by atoms with Crippen LogP contribution in [0.1, 0.15) is 13.8 Å². The molecule has 0 rings (SSSR count). The van der Waals surface area contributed by atoms with Crippen LogP contribution in [0.5, 0.6) is 0 Å². The molecule has 0 aromatic heterocycles. The second kappa shape index (κ2) is 3.07. The fraction of sp³-hybridized carbons (Fsp3) is 0.400. The number of rotatable bonds is 1. The Labute approximate surface area is 47.6 Å². The molecule has 0 fully saturated rings. The molecule has 0 aliphatic carbocycles. The van der Waals surface area contributed by atoms with E-state index in [0.717, 1.165) is 0 Å². The maximum atomic E-state index is 9.71. The minimum atomic E-state index is -1.26. The van der Waals surface area contributed by atoms with Crippen molar-refractivity contribution in [3.8, 4) is 0 Å². The summed E-state index contributed by atoms with van der Waals surface area (Å²) in [6.07, 6.45) is 0.314. The van der Waals surface area contributed by atoms with E-state index in [1.54, 1.807) is 19.9 Å². The molecular weight excluding hydrogens is 108 g/mol. The van der Waals surface area contributed by atoms with Crippen LogP contribution >= 0.6 is 0 Å². The molecule has 0 aliphatic rings. The zero-order chi connectivity index (χ0) is 6.57. The van der Waals surface area contributed by atoms with Crippen molar-refractivity contribution in [2.24, 2.45) is 0 Å². The molecule has 46 valence electrons. The van der Waals surface area contributed by atoms with Crippen molar-refractivity contribution in [2.75, 3.05) is 0 Å². The van der Waals surface area contributed by atoms with Gasteiger partial charge in [0.15, 0.2) is 0 Å². The quantitative estimate of drug-likeness (QED) is 0.418. The van der Waals surface area contributed by atoms with Crippen molar-refractivity contribution < 1.29 is 14.6 Å². The zero-order valence-corrected chi connectivity index (χ0v) is 4.84.